The lowest BCUT2D eigenvalue weighted by Crippen LogP contribution is -2.63. The lowest BCUT2D eigenvalue weighted by Gasteiger charge is -2.44. The van der Waals surface area contributed by atoms with E-state index in [-0.39, 0.29) is 11.7 Å². The van der Waals surface area contributed by atoms with Crippen LogP contribution in [-0.4, -0.2) is 41.8 Å². The topological polar surface area (TPSA) is 41.6 Å². The molecule has 2 heterocycles. The maximum absolute atomic E-state index is 11.7. The second kappa shape index (κ2) is 3.12. The van der Waals surface area contributed by atoms with Crippen molar-refractivity contribution in [2.75, 3.05) is 13.1 Å². The Labute approximate surface area is 84.6 Å². The zero-order valence-electron chi connectivity index (χ0n) is 9.04. The van der Waals surface area contributed by atoms with Gasteiger partial charge in [-0.05, 0) is 33.7 Å². The van der Waals surface area contributed by atoms with Gasteiger partial charge < -0.3 is 15.0 Å². The van der Waals surface area contributed by atoms with Crippen molar-refractivity contribution in [2.45, 2.75) is 44.9 Å². The molecule has 0 aliphatic carbocycles. The van der Waals surface area contributed by atoms with Gasteiger partial charge >= 0.3 is 6.09 Å². The predicted octanol–water partition coefficient (Wildman–Crippen LogP) is 0.968. The Morgan fingerprint density at radius 3 is 2.79 bits per heavy atom. The second-order valence-corrected chi connectivity index (χ2v) is 5.05. The van der Waals surface area contributed by atoms with E-state index in [2.05, 4.69) is 5.32 Å². The van der Waals surface area contributed by atoms with E-state index in [9.17, 15) is 4.79 Å². The number of hydrogen-bond acceptors (Lipinski definition) is 3. The summed E-state index contributed by atoms with van der Waals surface area (Å²) in [5, 5.41) is 3.35. The zero-order valence-corrected chi connectivity index (χ0v) is 9.04. The van der Waals surface area contributed by atoms with Crippen LogP contribution in [0.5, 0.6) is 0 Å². The van der Waals surface area contributed by atoms with E-state index in [4.69, 9.17) is 4.74 Å². The molecule has 14 heavy (non-hydrogen) atoms. The van der Waals surface area contributed by atoms with E-state index in [1.54, 1.807) is 0 Å². The highest BCUT2D eigenvalue weighted by Crippen LogP contribution is 2.27. The summed E-state index contributed by atoms with van der Waals surface area (Å²) in [6.45, 7) is 7.52. The van der Waals surface area contributed by atoms with Gasteiger partial charge in [-0.3, -0.25) is 0 Å². The van der Waals surface area contributed by atoms with E-state index < -0.39 is 0 Å². The number of nitrogens with one attached hydrogen (secondary N) is 1. The molecule has 0 bridgehead atoms. The van der Waals surface area contributed by atoms with Crippen molar-refractivity contribution in [3.8, 4) is 0 Å². The van der Waals surface area contributed by atoms with Crippen LogP contribution in [0.15, 0.2) is 0 Å². The quantitative estimate of drug-likeness (QED) is 0.630. The molecule has 2 aliphatic heterocycles. The summed E-state index contributed by atoms with van der Waals surface area (Å²) in [5.74, 6) is 0. The number of carbonyl (C=O) groups excluding carboxylic acids is 1. The van der Waals surface area contributed by atoms with Crippen LogP contribution in [0.25, 0.3) is 0 Å². The molecule has 0 aromatic heterocycles. The molecule has 0 aromatic carbocycles. The van der Waals surface area contributed by atoms with Crippen molar-refractivity contribution in [3.05, 3.63) is 0 Å². The van der Waals surface area contributed by atoms with Crippen LogP contribution in [-0.2, 0) is 4.74 Å². The van der Waals surface area contributed by atoms with Gasteiger partial charge in [-0.25, -0.2) is 4.79 Å². The molecular weight excluding hydrogens is 180 g/mol. The van der Waals surface area contributed by atoms with Crippen molar-refractivity contribution in [1.82, 2.24) is 10.2 Å². The maximum Gasteiger partial charge on any atom is 0.410 e. The van der Waals surface area contributed by atoms with Crippen LogP contribution in [0.3, 0.4) is 0 Å². The van der Waals surface area contributed by atoms with E-state index in [1.807, 2.05) is 25.7 Å². The summed E-state index contributed by atoms with van der Waals surface area (Å²) >= 11 is 0. The minimum absolute atomic E-state index is 0.164. The van der Waals surface area contributed by atoms with Crippen molar-refractivity contribution in [2.24, 2.45) is 0 Å². The van der Waals surface area contributed by atoms with E-state index in [0.29, 0.717) is 12.1 Å². The Hall–Kier alpha value is -0.770. The Kier molecular flexibility index (Phi) is 2.18. The van der Waals surface area contributed by atoms with Gasteiger partial charge in [-0.2, -0.15) is 0 Å². The SMILES string of the molecule is CC(C)(C)OC(=O)N1C[C@@H]2NCC[C@H]21. The third-order valence-electron chi connectivity index (χ3n) is 2.73. The van der Waals surface area contributed by atoms with Crippen LogP contribution in [0, 0.1) is 0 Å². The number of fused-ring (bicyclic) bond motifs is 1. The molecule has 0 aromatic rings. The number of rotatable bonds is 0. The molecule has 0 unspecified atom stereocenters. The van der Waals surface area contributed by atoms with Crippen LogP contribution < -0.4 is 5.32 Å². The molecular formula is C10H18N2O2. The van der Waals surface area contributed by atoms with Crippen LogP contribution in [0.1, 0.15) is 27.2 Å². The number of amides is 1. The fourth-order valence-corrected chi connectivity index (χ4v) is 2.05. The van der Waals surface area contributed by atoms with E-state index >= 15 is 0 Å². The number of hydrogen-bond donors (Lipinski definition) is 1. The van der Waals surface area contributed by atoms with Gasteiger partial charge in [0.25, 0.3) is 0 Å². The molecule has 2 aliphatic rings. The summed E-state index contributed by atoms with van der Waals surface area (Å²) in [4.78, 5) is 13.5. The Morgan fingerprint density at radius 1 is 1.50 bits per heavy atom. The molecule has 2 fully saturated rings. The summed E-state index contributed by atoms with van der Waals surface area (Å²) in [7, 11) is 0. The van der Waals surface area contributed by atoms with Crippen LogP contribution >= 0.6 is 0 Å². The Bertz CT molecular complexity index is 247. The summed E-state index contributed by atoms with van der Waals surface area (Å²) in [6.07, 6.45) is 0.895. The third kappa shape index (κ3) is 1.71. The molecule has 80 valence electrons. The lowest BCUT2D eigenvalue weighted by atomic mass is 9.99. The first kappa shape index (κ1) is 9.77. The first-order valence-electron chi connectivity index (χ1n) is 5.20. The van der Waals surface area contributed by atoms with Crippen LogP contribution in [0.2, 0.25) is 0 Å². The smallest absolute Gasteiger partial charge is 0.410 e. The molecule has 1 N–H and O–H groups in total. The monoisotopic (exact) mass is 198 g/mol. The second-order valence-electron chi connectivity index (χ2n) is 5.05. The maximum atomic E-state index is 11.7. The fraction of sp³-hybridized carbons (Fsp3) is 0.900. The molecule has 4 heteroatoms. The number of likely N-dealkylation sites (tertiary alicyclic amines) is 1. The average molecular weight is 198 g/mol. The average Bonchev–Trinajstić information content (AvgIpc) is 2.28. The number of nitrogens with zero attached hydrogens (tertiary/aromatic N) is 1. The van der Waals surface area contributed by atoms with Gasteiger partial charge in [-0.1, -0.05) is 0 Å². The summed E-state index contributed by atoms with van der Waals surface area (Å²) < 4.78 is 5.31. The van der Waals surface area contributed by atoms with Gasteiger partial charge in [0.1, 0.15) is 5.60 Å². The van der Waals surface area contributed by atoms with Crippen molar-refractivity contribution in [3.63, 3.8) is 0 Å². The van der Waals surface area contributed by atoms with Crippen molar-refractivity contribution in [1.29, 1.82) is 0 Å². The fourth-order valence-electron chi connectivity index (χ4n) is 2.05. The van der Waals surface area contributed by atoms with E-state index in [0.717, 1.165) is 19.5 Å². The summed E-state index contributed by atoms with van der Waals surface area (Å²) in [5.41, 5.74) is -0.381. The molecule has 0 spiro atoms. The number of carbonyl (C=O) groups is 1. The zero-order chi connectivity index (χ0) is 10.3. The highest BCUT2D eigenvalue weighted by atomic mass is 16.6. The van der Waals surface area contributed by atoms with Crippen molar-refractivity contribution >= 4 is 6.09 Å². The Balaban J connectivity index is 1.88. The normalized spacial score (nSPS) is 30.9. The molecule has 0 saturated carbocycles. The number of ether oxygens (including phenoxy) is 1. The largest absolute Gasteiger partial charge is 0.444 e. The molecule has 0 radical (unpaired) electrons. The lowest BCUT2D eigenvalue weighted by molar-refractivity contribution is -0.00933. The van der Waals surface area contributed by atoms with Crippen LogP contribution in [0.4, 0.5) is 4.79 Å². The van der Waals surface area contributed by atoms with Gasteiger partial charge in [0.05, 0.1) is 6.04 Å². The molecule has 2 atom stereocenters. The molecule has 2 rings (SSSR count). The minimum Gasteiger partial charge on any atom is -0.444 e. The van der Waals surface area contributed by atoms with Gasteiger partial charge in [0.15, 0.2) is 0 Å². The first-order valence-corrected chi connectivity index (χ1v) is 5.20. The highest BCUT2D eigenvalue weighted by Gasteiger charge is 2.45. The predicted molar refractivity (Wildman–Crippen MR) is 53.1 cm³/mol. The Morgan fingerprint density at radius 2 is 2.21 bits per heavy atom. The molecule has 1 amide bonds. The van der Waals surface area contributed by atoms with Gasteiger partial charge in [-0.15, -0.1) is 0 Å². The third-order valence-corrected chi connectivity index (χ3v) is 2.73. The highest BCUT2D eigenvalue weighted by molar-refractivity contribution is 5.70. The van der Waals surface area contributed by atoms with E-state index in [1.165, 1.54) is 0 Å². The van der Waals surface area contributed by atoms with Gasteiger partial charge in [0.2, 0.25) is 0 Å². The summed E-state index contributed by atoms with van der Waals surface area (Å²) in [6, 6.07) is 0.896. The first-order chi connectivity index (χ1) is 6.47. The van der Waals surface area contributed by atoms with Crippen molar-refractivity contribution < 1.29 is 9.53 Å². The molecule has 4 nitrogen and oxygen atoms in total. The minimum atomic E-state index is -0.381. The molecule has 2 saturated heterocycles. The standard InChI is InChI=1S/C10H18N2O2/c1-10(2,3)14-9(13)12-6-7-8(12)4-5-11-7/h7-8,11H,4-6H2,1-3H3/t7-,8+/m0/s1. The van der Waals surface area contributed by atoms with Gasteiger partial charge in [0, 0.05) is 12.6 Å².